The molecule has 9 heteroatoms. The number of ether oxygens (including phenoxy) is 1. The van der Waals surface area contributed by atoms with E-state index in [1.165, 1.54) is 4.31 Å². The van der Waals surface area contributed by atoms with Gasteiger partial charge in [-0.1, -0.05) is 31.0 Å². The van der Waals surface area contributed by atoms with Crippen LogP contribution in [0.1, 0.15) is 31.7 Å². The standard InChI is InChI=1S/C18H27N3O5S/c1-3-4-10-19-17(22)18(23)20-13-16-21(11-5-12-26-16)27(24,25)15-8-6-14(2)7-9-15/h6-9,16H,3-5,10-13H2,1-2H3,(H,19,22)(H,20,23). The molecule has 0 saturated carbocycles. The van der Waals surface area contributed by atoms with Crippen LogP contribution < -0.4 is 10.6 Å². The summed E-state index contributed by atoms with van der Waals surface area (Å²) in [6, 6.07) is 6.57. The Balaban J connectivity index is 2.01. The Bertz CT molecular complexity index is 749. The van der Waals surface area contributed by atoms with E-state index < -0.39 is 28.1 Å². The molecule has 1 aliphatic rings. The second-order valence-corrected chi connectivity index (χ2v) is 8.32. The molecule has 0 aromatic heterocycles. The Morgan fingerprint density at radius 2 is 1.85 bits per heavy atom. The molecule has 1 heterocycles. The average molecular weight is 397 g/mol. The highest BCUT2D eigenvalue weighted by Gasteiger charge is 2.34. The van der Waals surface area contributed by atoms with Crippen molar-refractivity contribution in [1.82, 2.24) is 14.9 Å². The van der Waals surface area contributed by atoms with E-state index in [9.17, 15) is 18.0 Å². The summed E-state index contributed by atoms with van der Waals surface area (Å²) in [7, 11) is -3.76. The lowest BCUT2D eigenvalue weighted by molar-refractivity contribution is -0.140. The van der Waals surface area contributed by atoms with Crippen LogP contribution in [-0.2, 0) is 24.3 Å². The van der Waals surface area contributed by atoms with E-state index in [0.717, 1.165) is 18.4 Å². The monoisotopic (exact) mass is 397 g/mol. The minimum Gasteiger partial charge on any atom is -0.360 e. The number of hydrogen-bond donors (Lipinski definition) is 2. The molecule has 0 radical (unpaired) electrons. The lowest BCUT2D eigenvalue weighted by Gasteiger charge is -2.34. The highest BCUT2D eigenvalue weighted by molar-refractivity contribution is 7.89. The summed E-state index contributed by atoms with van der Waals surface area (Å²) in [6.45, 7) is 4.88. The molecule has 0 aliphatic carbocycles. The van der Waals surface area contributed by atoms with Crippen molar-refractivity contribution in [2.75, 3.05) is 26.2 Å². The molecule has 0 bridgehead atoms. The smallest absolute Gasteiger partial charge is 0.309 e. The first-order valence-corrected chi connectivity index (χ1v) is 10.6. The molecule has 1 unspecified atom stereocenters. The molecule has 1 aliphatic heterocycles. The molecular weight excluding hydrogens is 370 g/mol. The molecule has 1 atom stereocenters. The minimum absolute atomic E-state index is 0.0921. The van der Waals surface area contributed by atoms with Gasteiger partial charge in [-0.3, -0.25) is 9.59 Å². The van der Waals surface area contributed by atoms with Gasteiger partial charge in [0.2, 0.25) is 10.0 Å². The lowest BCUT2D eigenvalue weighted by Crippen LogP contribution is -2.53. The third-order valence-electron chi connectivity index (χ3n) is 4.24. The van der Waals surface area contributed by atoms with Crippen LogP contribution in [0.5, 0.6) is 0 Å². The van der Waals surface area contributed by atoms with Gasteiger partial charge in [-0.25, -0.2) is 8.42 Å². The van der Waals surface area contributed by atoms with Gasteiger partial charge in [0.15, 0.2) is 0 Å². The molecule has 1 fully saturated rings. The van der Waals surface area contributed by atoms with E-state index in [0.29, 0.717) is 26.1 Å². The Kier molecular flexibility index (Phi) is 7.76. The molecule has 8 nitrogen and oxygen atoms in total. The molecule has 0 spiro atoms. The van der Waals surface area contributed by atoms with E-state index in [2.05, 4.69) is 10.6 Å². The Morgan fingerprint density at radius 3 is 2.52 bits per heavy atom. The van der Waals surface area contributed by atoms with Gasteiger partial charge < -0.3 is 15.4 Å². The van der Waals surface area contributed by atoms with Crippen molar-refractivity contribution in [1.29, 1.82) is 0 Å². The number of benzene rings is 1. The van der Waals surface area contributed by atoms with E-state index in [1.807, 2.05) is 13.8 Å². The van der Waals surface area contributed by atoms with Gasteiger partial charge in [0, 0.05) is 13.1 Å². The number of nitrogens with one attached hydrogen (secondary N) is 2. The van der Waals surface area contributed by atoms with Crippen molar-refractivity contribution < 1.29 is 22.7 Å². The molecule has 1 aromatic rings. The van der Waals surface area contributed by atoms with Crippen molar-refractivity contribution in [3.8, 4) is 0 Å². The quantitative estimate of drug-likeness (QED) is 0.522. The number of unbranched alkanes of at least 4 members (excludes halogenated alkanes) is 1. The molecule has 1 aromatic carbocycles. The van der Waals surface area contributed by atoms with E-state index in [-0.39, 0.29) is 11.4 Å². The fourth-order valence-corrected chi connectivity index (χ4v) is 4.23. The van der Waals surface area contributed by atoms with Crippen molar-refractivity contribution in [3.63, 3.8) is 0 Å². The number of rotatable bonds is 7. The number of amides is 2. The predicted molar refractivity (Wildman–Crippen MR) is 100 cm³/mol. The van der Waals surface area contributed by atoms with Gasteiger partial charge in [0.05, 0.1) is 18.0 Å². The first kappa shape index (κ1) is 21.3. The zero-order chi connectivity index (χ0) is 19.9. The number of aryl methyl sites for hydroxylation is 1. The number of carbonyl (C=O) groups excluding carboxylic acids is 2. The van der Waals surface area contributed by atoms with Gasteiger partial charge in [-0.2, -0.15) is 4.31 Å². The van der Waals surface area contributed by atoms with Crippen molar-refractivity contribution in [2.24, 2.45) is 0 Å². The number of hydrogen-bond acceptors (Lipinski definition) is 5. The maximum absolute atomic E-state index is 12.9. The predicted octanol–water partition coefficient (Wildman–Crippen LogP) is 0.765. The third kappa shape index (κ3) is 5.75. The zero-order valence-corrected chi connectivity index (χ0v) is 16.5. The Hall–Kier alpha value is -1.97. The van der Waals surface area contributed by atoms with E-state index in [4.69, 9.17) is 4.74 Å². The lowest BCUT2D eigenvalue weighted by atomic mass is 10.2. The van der Waals surface area contributed by atoms with Gasteiger partial charge >= 0.3 is 11.8 Å². The molecule has 27 heavy (non-hydrogen) atoms. The van der Waals surface area contributed by atoms with Crippen LogP contribution in [0.2, 0.25) is 0 Å². The van der Waals surface area contributed by atoms with Gasteiger partial charge in [-0.05, 0) is 31.9 Å². The number of sulfonamides is 1. The maximum atomic E-state index is 12.9. The average Bonchev–Trinajstić information content (AvgIpc) is 2.66. The summed E-state index contributed by atoms with van der Waals surface area (Å²) >= 11 is 0. The summed E-state index contributed by atoms with van der Waals surface area (Å²) in [6.07, 6.45) is 1.40. The first-order valence-electron chi connectivity index (χ1n) is 9.12. The maximum Gasteiger partial charge on any atom is 0.309 e. The summed E-state index contributed by atoms with van der Waals surface area (Å²) in [5.74, 6) is -1.53. The highest BCUT2D eigenvalue weighted by atomic mass is 32.2. The van der Waals surface area contributed by atoms with Crippen LogP contribution in [0.4, 0.5) is 0 Å². The summed E-state index contributed by atoms with van der Waals surface area (Å²) in [5.41, 5.74) is 0.960. The minimum atomic E-state index is -3.76. The molecule has 2 rings (SSSR count). The highest BCUT2D eigenvalue weighted by Crippen LogP contribution is 2.22. The number of carbonyl (C=O) groups is 2. The fourth-order valence-electron chi connectivity index (χ4n) is 2.67. The Labute approximate surface area is 160 Å². The summed E-state index contributed by atoms with van der Waals surface area (Å²) in [5, 5.41) is 4.98. The van der Waals surface area contributed by atoms with Crippen molar-refractivity contribution >= 4 is 21.8 Å². The van der Waals surface area contributed by atoms with Crippen LogP contribution in [0.25, 0.3) is 0 Å². The van der Waals surface area contributed by atoms with Crippen molar-refractivity contribution in [3.05, 3.63) is 29.8 Å². The molecule has 150 valence electrons. The van der Waals surface area contributed by atoms with E-state index in [1.54, 1.807) is 24.3 Å². The largest absolute Gasteiger partial charge is 0.360 e. The summed E-state index contributed by atoms with van der Waals surface area (Å²) in [4.78, 5) is 23.8. The Morgan fingerprint density at radius 1 is 1.19 bits per heavy atom. The van der Waals surface area contributed by atoms with Crippen LogP contribution in [-0.4, -0.2) is 57.0 Å². The second kappa shape index (κ2) is 9.82. The second-order valence-electron chi connectivity index (χ2n) is 6.43. The van der Waals surface area contributed by atoms with Crippen LogP contribution in [0, 0.1) is 6.92 Å². The van der Waals surface area contributed by atoms with Crippen LogP contribution >= 0.6 is 0 Å². The normalized spacial score (nSPS) is 18.1. The van der Waals surface area contributed by atoms with Crippen LogP contribution in [0.15, 0.2) is 29.2 Å². The molecule has 2 amide bonds. The fraction of sp³-hybridized carbons (Fsp3) is 0.556. The molecular formula is C18H27N3O5S. The zero-order valence-electron chi connectivity index (χ0n) is 15.7. The number of nitrogens with zero attached hydrogens (tertiary/aromatic N) is 1. The van der Waals surface area contributed by atoms with E-state index >= 15 is 0 Å². The van der Waals surface area contributed by atoms with Gasteiger partial charge in [0.1, 0.15) is 6.23 Å². The first-order chi connectivity index (χ1) is 12.9. The molecule has 1 saturated heterocycles. The van der Waals surface area contributed by atoms with Gasteiger partial charge in [0.25, 0.3) is 0 Å². The topological polar surface area (TPSA) is 105 Å². The van der Waals surface area contributed by atoms with Gasteiger partial charge in [-0.15, -0.1) is 0 Å². The molecule has 2 N–H and O–H groups in total. The summed E-state index contributed by atoms with van der Waals surface area (Å²) < 4.78 is 32.6. The SMILES string of the molecule is CCCCNC(=O)C(=O)NCC1OCCCN1S(=O)(=O)c1ccc(C)cc1. The van der Waals surface area contributed by atoms with Crippen LogP contribution in [0.3, 0.4) is 0 Å². The third-order valence-corrected chi connectivity index (χ3v) is 6.14. The van der Waals surface area contributed by atoms with Crippen molar-refractivity contribution in [2.45, 2.75) is 44.2 Å².